The Bertz CT molecular complexity index is 1260. The van der Waals surface area contributed by atoms with Gasteiger partial charge in [0.2, 0.25) is 5.91 Å². The number of amides is 2. The summed E-state index contributed by atoms with van der Waals surface area (Å²) in [5.74, 6) is -0.441. The van der Waals surface area contributed by atoms with Crippen LogP contribution < -0.4 is 15.4 Å². The van der Waals surface area contributed by atoms with Gasteiger partial charge in [0.1, 0.15) is 5.75 Å². The third-order valence-electron chi connectivity index (χ3n) is 7.97. The fraction of sp³-hybridized carbons (Fsp3) is 0.481. The molecular weight excluding hydrogens is 598 g/mol. The Balaban J connectivity index is 1.55. The predicted molar refractivity (Wildman–Crippen MR) is 151 cm³/mol. The molecule has 3 unspecified atom stereocenters. The molecule has 6 nitrogen and oxygen atoms in total. The van der Waals surface area contributed by atoms with Gasteiger partial charge in [-0.25, -0.2) is 0 Å². The Morgan fingerprint density at radius 1 is 1.18 bits per heavy atom. The second-order valence-electron chi connectivity index (χ2n) is 11.7. The number of nitrogens with one attached hydrogen (secondary N) is 2. The molecule has 0 radical (unpaired) electrons. The molecule has 2 aromatic carbocycles. The highest BCUT2D eigenvalue weighted by Gasteiger charge is 2.56. The molecule has 2 aliphatic rings. The van der Waals surface area contributed by atoms with Crippen molar-refractivity contribution >= 4 is 59.0 Å². The van der Waals surface area contributed by atoms with Gasteiger partial charge in [0.25, 0.3) is 5.91 Å². The Morgan fingerprint density at radius 2 is 1.82 bits per heavy atom. The van der Waals surface area contributed by atoms with Crippen molar-refractivity contribution in [2.45, 2.75) is 75.8 Å². The van der Waals surface area contributed by atoms with Crippen molar-refractivity contribution in [3.05, 3.63) is 52.0 Å². The van der Waals surface area contributed by atoms with Crippen LogP contribution in [0.15, 0.2) is 40.9 Å². The van der Waals surface area contributed by atoms with Gasteiger partial charge in [0.15, 0.2) is 8.32 Å². The van der Waals surface area contributed by atoms with Crippen LogP contribution in [0.3, 0.4) is 0 Å². The van der Waals surface area contributed by atoms with Gasteiger partial charge in [-0.05, 0) is 73.3 Å². The summed E-state index contributed by atoms with van der Waals surface area (Å²) in [5.41, 5.74) is -2.38. The van der Waals surface area contributed by atoms with Crippen molar-refractivity contribution in [3.63, 3.8) is 0 Å². The quantitative estimate of drug-likeness (QED) is 0.252. The summed E-state index contributed by atoms with van der Waals surface area (Å²) in [6.07, 6.45) is 1.21. The minimum atomic E-state index is -3.82. The zero-order valence-corrected chi connectivity index (χ0v) is 25.5. The van der Waals surface area contributed by atoms with E-state index in [1.807, 2.05) is 0 Å². The summed E-state index contributed by atoms with van der Waals surface area (Å²) in [4.78, 5) is 26.4. The van der Waals surface area contributed by atoms with E-state index in [0.29, 0.717) is 34.3 Å². The lowest BCUT2D eigenvalue weighted by atomic mass is 9.79. The molecule has 38 heavy (non-hydrogen) atoms. The van der Waals surface area contributed by atoms with Gasteiger partial charge in [-0.15, -0.1) is 8.78 Å². The van der Waals surface area contributed by atoms with Crippen molar-refractivity contribution in [1.82, 2.24) is 0 Å². The van der Waals surface area contributed by atoms with Crippen LogP contribution in [0.25, 0.3) is 0 Å². The van der Waals surface area contributed by atoms with E-state index < -0.39 is 25.2 Å². The summed E-state index contributed by atoms with van der Waals surface area (Å²) >= 11 is 8.42. The number of hydrogen-bond acceptors (Lipinski definition) is 4. The molecule has 0 saturated heterocycles. The lowest BCUT2D eigenvalue weighted by Crippen LogP contribution is -2.45. The Morgan fingerprint density at radius 3 is 2.39 bits per heavy atom. The number of hydrogen-bond donors (Lipinski definition) is 2. The van der Waals surface area contributed by atoms with E-state index in [1.165, 1.54) is 24.3 Å². The fourth-order valence-electron chi connectivity index (χ4n) is 5.03. The van der Waals surface area contributed by atoms with Crippen molar-refractivity contribution in [3.8, 4) is 5.75 Å². The summed E-state index contributed by atoms with van der Waals surface area (Å²) in [6, 6.07) is 8.78. The molecule has 1 aliphatic carbocycles. The summed E-state index contributed by atoms with van der Waals surface area (Å²) in [5, 5.41) is 5.79. The summed E-state index contributed by atoms with van der Waals surface area (Å²) in [6.45, 7) is 13.2. The SMILES string of the molecule is CC1CC2(CC1O[Si](C)(C)C(C)(C)C)C(=O)Nc1cc(C(=O)Nc3ccc(OC(F)(F)Cl)cc3)cc(Br)c12. The van der Waals surface area contributed by atoms with Gasteiger partial charge in [0.05, 0.1) is 5.41 Å². The number of benzene rings is 2. The van der Waals surface area contributed by atoms with E-state index in [4.69, 9.17) is 16.0 Å². The first kappa shape index (κ1) is 29.0. The number of fused-ring (bicyclic) bond motifs is 2. The average Bonchev–Trinajstić information content (AvgIpc) is 3.22. The van der Waals surface area contributed by atoms with Gasteiger partial charge in [-0.3, -0.25) is 9.59 Å². The van der Waals surface area contributed by atoms with Crippen LogP contribution in [0.2, 0.25) is 18.1 Å². The summed E-state index contributed by atoms with van der Waals surface area (Å²) < 4.78 is 37.4. The van der Waals surface area contributed by atoms with Crippen LogP contribution in [-0.4, -0.2) is 31.8 Å². The molecule has 0 aromatic heterocycles. The molecule has 1 fully saturated rings. The fourth-order valence-corrected chi connectivity index (χ4v) is 7.39. The Labute approximate surface area is 236 Å². The van der Waals surface area contributed by atoms with Gasteiger partial charge >= 0.3 is 5.57 Å². The number of carbonyl (C=O) groups excluding carboxylic acids is 2. The van der Waals surface area contributed by atoms with Crippen LogP contribution in [0.5, 0.6) is 5.75 Å². The minimum Gasteiger partial charge on any atom is -0.420 e. The maximum absolute atomic E-state index is 13.4. The standard InChI is InChI=1S/C27H32BrClF2N2O4Si/c1-15-13-26(14-21(15)37-38(5,6)25(2,3)4)22-19(28)11-16(12-20(22)33-24(26)35)23(34)32-17-7-9-18(10-8-17)36-27(29,30)31/h7-12,15,21H,13-14H2,1-6H3,(H,32,34)(H,33,35). The molecule has 1 heterocycles. The van der Waals surface area contributed by atoms with Crippen molar-refractivity contribution < 1.29 is 27.5 Å². The second-order valence-corrected chi connectivity index (χ2v) is 17.8. The zero-order valence-electron chi connectivity index (χ0n) is 22.2. The van der Waals surface area contributed by atoms with Gasteiger partial charge in [0, 0.05) is 44.7 Å². The van der Waals surface area contributed by atoms with Gasteiger partial charge in [-0.1, -0.05) is 43.6 Å². The predicted octanol–water partition coefficient (Wildman–Crippen LogP) is 7.88. The Hall–Kier alpha value is -2.01. The van der Waals surface area contributed by atoms with Gasteiger partial charge in [-0.2, -0.15) is 0 Å². The molecule has 4 rings (SSSR count). The molecule has 2 amide bonds. The zero-order chi connectivity index (χ0) is 28.3. The maximum Gasteiger partial charge on any atom is 0.487 e. The first-order valence-corrected chi connectivity index (χ1v) is 16.5. The monoisotopic (exact) mass is 628 g/mol. The van der Waals surface area contributed by atoms with Crippen LogP contribution >= 0.6 is 27.5 Å². The first-order valence-electron chi connectivity index (χ1n) is 12.4. The number of carbonyl (C=O) groups is 2. The largest absolute Gasteiger partial charge is 0.487 e. The smallest absolute Gasteiger partial charge is 0.420 e. The van der Waals surface area contributed by atoms with Gasteiger partial charge < -0.3 is 19.8 Å². The number of halogens is 4. The number of anilines is 2. The van der Waals surface area contributed by atoms with E-state index in [1.54, 1.807) is 12.1 Å². The molecule has 1 spiro atoms. The molecule has 2 N–H and O–H groups in total. The molecule has 0 bridgehead atoms. The van der Waals surface area contributed by atoms with E-state index in [9.17, 15) is 18.4 Å². The van der Waals surface area contributed by atoms with Crippen LogP contribution in [-0.2, 0) is 14.6 Å². The van der Waals surface area contributed by atoms with Crippen LogP contribution in [0, 0.1) is 5.92 Å². The van der Waals surface area contributed by atoms with E-state index in [2.05, 4.69) is 72.1 Å². The lowest BCUT2D eigenvalue weighted by molar-refractivity contribution is -0.121. The van der Waals surface area contributed by atoms with E-state index in [-0.39, 0.29) is 28.7 Å². The number of rotatable bonds is 6. The molecule has 1 aliphatic heterocycles. The second kappa shape index (κ2) is 9.87. The highest BCUT2D eigenvalue weighted by Crippen LogP contribution is 2.55. The third-order valence-corrected chi connectivity index (χ3v) is 13.2. The average molecular weight is 630 g/mol. The molecule has 2 aromatic rings. The molecule has 3 atom stereocenters. The molecule has 1 saturated carbocycles. The van der Waals surface area contributed by atoms with Crippen molar-refractivity contribution in [2.75, 3.05) is 10.6 Å². The third kappa shape index (κ3) is 5.64. The maximum atomic E-state index is 13.4. The number of ether oxygens (including phenoxy) is 1. The first-order chi connectivity index (χ1) is 17.4. The topological polar surface area (TPSA) is 76.7 Å². The highest BCUT2D eigenvalue weighted by molar-refractivity contribution is 9.10. The van der Waals surface area contributed by atoms with Crippen molar-refractivity contribution in [1.29, 1.82) is 0 Å². The molecular formula is C27H32BrClF2N2O4Si. The number of alkyl halides is 3. The molecule has 206 valence electrons. The lowest BCUT2D eigenvalue weighted by Gasteiger charge is -2.39. The minimum absolute atomic E-state index is 0.0341. The summed E-state index contributed by atoms with van der Waals surface area (Å²) in [7, 11) is -2.03. The van der Waals surface area contributed by atoms with Crippen molar-refractivity contribution in [2.24, 2.45) is 5.92 Å². The van der Waals surface area contributed by atoms with E-state index >= 15 is 0 Å². The van der Waals surface area contributed by atoms with Crippen LogP contribution in [0.1, 0.15) is 56.5 Å². The molecule has 11 heteroatoms. The normalized spacial score (nSPS) is 23.4. The highest BCUT2D eigenvalue weighted by atomic mass is 79.9. The Kier molecular flexibility index (Phi) is 7.53. The van der Waals surface area contributed by atoms with E-state index in [0.717, 1.165) is 5.56 Å². The van der Waals surface area contributed by atoms with Crippen LogP contribution in [0.4, 0.5) is 20.2 Å².